The van der Waals surface area contributed by atoms with Gasteiger partial charge in [0.25, 0.3) is 11.8 Å². The van der Waals surface area contributed by atoms with Crippen LogP contribution in [0.1, 0.15) is 42.1 Å². The lowest BCUT2D eigenvalue weighted by molar-refractivity contribution is 0.102. The molecule has 2 fully saturated rings. The average Bonchev–Trinajstić information content (AvgIpc) is 3.97. The molecule has 4 aromatic heterocycles. The zero-order valence-electron chi connectivity index (χ0n) is 37.4. The molecule has 23 heteroatoms. The highest BCUT2D eigenvalue weighted by Gasteiger charge is 2.20. The number of nitrogens with one attached hydrogen (secondary N) is 5. The molecule has 2 aliphatic heterocycles. The third kappa shape index (κ3) is 15.4. The molecule has 18 nitrogen and oxygen atoms in total. The number of halogens is 3. The summed E-state index contributed by atoms with van der Waals surface area (Å²) >= 11 is 20.7. The van der Waals surface area contributed by atoms with E-state index in [1.165, 1.54) is 35.1 Å². The summed E-state index contributed by atoms with van der Waals surface area (Å²) in [5, 5.41) is 35.2. The molecular weight excluding hydrogens is 959 g/mol. The Labute approximate surface area is 412 Å². The molecule has 0 atom stereocenters. The summed E-state index contributed by atoms with van der Waals surface area (Å²) in [6.07, 6.45) is 3.02. The van der Waals surface area contributed by atoms with Crippen molar-refractivity contribution in [1.29, 1.82) is 0 Å². The second-order valence-corrected chi connectivity index (χ2v) is 18.5. The molecular formula is C44H53Cl3N14O4S2. The normalized spacial score (nSPS) is 14.0. The summed E-state index contributed by atoms with van der Waals surface area (Å²) in [7, 11) is 0. The molecule has 0 bridgehead atoms. The van der Waals surface area contributed by atoms with Gasteiger partial charge in [0.2, 0.25) is 0 Å². The van der Waals surface area contributed by atoms with Crippen molar-refractivity contribution in [1.82, 2.24) is 45.0 Å². The Morgan fingerprint density at radius 1 is 0.657 bits per heavy atom. The number of benzene rings is 2. The second-order valence-electron chi connectivity index (χ2n) is 15.2. The molecule has 2 aliphatic rings. The number of hydrogen-bond donors (Lipinski definition) is 7. The molecule has 7 N–H and O–H groups in total. The first-order valence-corrected chi connectivity index (χ1v) is 24.1. The topological polar surface area (TPSA) is 222 Å². The minimum absolute atomic E-state index is 0.173. The van der Waals surface area contributed by atoms with Crippen molar-refractivity contribution in [2.45, 2.75) is 27.7 Å². The van der Waals surface area contributed by atoms with Crippen LogP contribution in [0.4, 0.5) is 39.1 Å². The average molecular weight is 1010 g/mol. The number of aliphatic hydroxyl groups is 2. The number of rotatable bonds is 13. The smallest absolute Gasteiger partial charge is 0.267 e. The van der Waals surface area contributed by atoms with Gasteiger partial charge in [-0.15, -0.1) is 0 Å². The number of aromatic nitrogens is 6. The number of β-amino-alcohol motifs (C(OH)–C–C–N with tert-alkyl or cyclic N) is 2. The van der Waals surface area contributed by atoms with E-state index < -0.39 is 0 Å². The van der Waals surface area contributed by atoms with Crippen molar-refractivity contribution in [2.75, 3.05) is 105 Å². The Balaban J connectivity index is 0.000000191. The molecule has 0 aliphatic carbocycles. The van der Waals surface area contributed by atoms with Crippen LogP contribution in [0.15, 0.2) is 60.9 Å². The summed E-state index contributed by atoms with van der Waals surface area (Å²) in [6, 6.07) is 14.4. The second kappa shape index (κ2) is 25.3. The number of anilines is 7. The number of nitrogens with zero attached hydrogens (tertiary/aromatic N) is 9. The van der Waals surface area contributed by atoms with E-state index in [4.69, 9.17) is 45.0 Å². The van der Waals surface area contributed by atoms with Gasteiger partial charge < -0.3 is 41.7 Å². The fourth-order valence-corrected chi connectivity index (χ4v) is 9.02. The molecule has 2 aromatic carbocycles. The third-order valence-electron chi connectivity index (χ3n) is 10.2. The minimum Gasteiger partial charge on any atom is -0.395 e. The Bertz CT molecular complexity index is 2530. The zero-order chi connectivity index (χ0) is 47.9. The van der Waals surface area contributed by atoms with Crippen LogP contribution in [0.2, 0.25) is 15.2 Å². The van der Waals surface area contributed by atoms with Crippen molar-refractivity contribution < 1.29 is 19.8 Å². The number of aliphatic hydroxyl groups excluding tert-OH is 2. The van der Waals surface area contributed by atoms with Crippen LogP contribution in [-0.4, -0.2) is 140 Å². The molecule has 2 saturated heterocycles. The van der Waals surface area contributed by atoms with E-state index in [0.717, 1.165) is 75.8 Å². The molecule has 356 valence electrons. The molecule has 0 unspecified atom stereocenters. The van der Waals surface area contributed by atoms with Gasteiger partial charge in [-0.2, -0.15) is 0 Å². The fraction of sp³-hybridized carbons (Fsp3) is 0.364. The van der Waals surface area contributed by atoms with E-state index >= 15 is 0 Å². The number of thiazole rings is 2. The number of para-hydroxylation sites is 2. The van der Waals surface area contributed by atoms with Gasteiger partial charge in [-0.1, -0.05) is 81.7 Å². The summed E-state index contributed by atoms with van der Waals surface area (Å²) in [4.78, 5) is 58.5. The van der Waals surface area contributed by atoms with E-state index in [-0.39, 0.29) is 18.4 Å². The van der Waals surface area contributed by atoms with Crippen LogP contribution < -0.4 is 31.5 Å². The molecule has 2 amide bonds. The van der Waals surface area contributed by atoms with Crippen LogP contribution in [0.3, 0.4) is 0 Å². The quantitative estimate of drug-likeness (QED) is 0.0576. The SMILES string of the molecule is Cc1nc(Cl)cc(Nc2ncc(C(=O)Nc3c(C)cccc3Cl)s2)n1.Cc1nc(Nc2ncc(C(=O)Nc3c(C)cccc3Cl)s2)cc(N2CCN(CCO)CC2)n1.OCCN1CCNCC1. The lowest BCUT2D eigenvalue weighted by atomic mass is 10.2. The van der Waals surface area contributed by atoms with Gasteiger partial charge in [0, 0.05) is 77.6 Å². The number of hydrogen-bond acceptors (Lipinski definition) is 18. The standard InChI is InChI=1S/C22H26ClN7O2S.C16H13Cl2N5OS.C6H14N2O/c1-14-4-3-5-16(23)20(14)28-21(32)17-13-24-22(33-17)27-18-12-19(26-15(2)25-18)30-8-6-29(7-9-30)10-11-31;1-8-4-3-5-10(17)14(8)23-15(24)11-7-19-16(25-11)22-13-6-12(18)20-9(2)21-13;9-6-5-8-3-1-7-2-4-8/h3-5,12-13,31H,6-11H2,1-2H3,(H,28,32)(H,24,25,26,27);3-7H,1-2H3,(H,23,24)(H,19,20,21,22);7,9H,1-6H2. The first-order valence-electron chi connectivity index (χ1n) is 21.4. The number of piperazine rings is 2. The van der Waals surface area contributed by atoms with Crippen molar-refractivity contribution in [3.05, 3.63) is 109 Å². The van der Waals surface area contributed by atoms with E-state index in [2.05, 4.69) is 71.2 Å². The Hall–Kier alpha value is -5.13. The summed E-state index contributed by atoms with van der Waals surface area (Å²) in [5.41, 5.74) is 2.97. The molecule has 0 saturated carbocycles. The van der Waals surface area contributed by atoms with Crippen molar-refractivity contribution in [3.63, 3.8) is 0 Å². The fourth-order valence-electron chi connectivity index (χ4n) is 6.82. The van der Waals surface area contributed by atoms with E-state index in [1.54, 1.807) is 25.1 Å². The first-order chi connectivity index (χ1) is 32.3. The highest BCUT2D eigenvalue weighted by atomic mass is 35.5. The monoisotopic (exact) mass is 1010 g/mol. The summed E-state index contributed by atoms with van der Waals surface area (Å²) in [6.45, 7) is 17.1. The van der Waals surface area contributed by atoms with Crippen molar-refractivity contribution in [2.24, 2.45) is 0 Å². The van der Waals surface area contributed by atoms with Gasteiger partial charge in [-0.05, 0) is 51.0 Å². The molecule has 67 heavy (non-hydrogen) atoms. The predicted molar refractivity (Wildman–Crippen MR) is 270 cm³/mol. The Kier molecular flexibility index (Phi) is 19.4. The third-order valence-corrected chi connectivity index (χ3v) is 12.9. The molecule has 6 heterocycles. The highest BCUT2D eigenvalue weighted by molar-refractivity contribution is 7.18. The maximum Gasteiger partial charge on any atom is 0.267 e. The summed E-state index contributed by atoms with van der Waals surface area (Å²) in [5.74, 6) is 2.63. The van der Waals surface area contributed by atoms with Gasteiger partial charge >= 0.3 is 0 Å². The summed E-state index contributed by atoms with van der Waals surface area (Å²) < 4.78 is 0. The van der Waals surface area contributed by atoms with Crippen molar-refractivity contribution >= 4 is 108 Å². The lowest BCUT2D eigenvalue weighted by Gasteiger charge is -2.35. The first kappa shape index (κ1) is 51.3. The van der Waals surface area contributed by atoms with Gasteiger partial charge in [-0.3, -0.25) is 19.4 Å². The number of carbonyl (C=O) groups is 2. The zero-order valence-corrected chi connectivity index (χ0v) is 41.3. The van der Waals surface area contributed by atoms with Gasteiger partial charge in [0.1, 0.15) is 44.0 Å². The van der Waals surface area contributed by atoms with Crippen LogP contribution in [0, 0.1) is 27.7 Å². The number of carbonyl (C=O) groups excluding carboxylic acids is 2. The highest BCUT2D eigenvalue weighted by Crippen LogP contribution is 2.30. The van der Waals surface area contributed by atoms with Crippen LogP contribution >= 0.6 is 57.5 Å². The van der Waals surface area contributed by atoms with Crippen LogP contribution in [-0.2, 0) is 0 Å². The van der Waals surface area contributed by atoms with Gasteiger partial charge in [0.05, 0.1) is 47.0 Å². The van der Waals surface area contributed by atoms with Crippen LogP contribution in [0.25, 0.3) is 0 Å². The molecule has 0 spiro atoms. The predicted octanol–water partition coefficient (Wildman–Crippen LogP) is 7.05. The molecule has 8 rings (SSSR count). The Morgan fingerprint density at radius 3 is 1.61 bits per heavy atom. The Morgan fingerprint density at radius 2 is 1.13 bits per heavy atom. The van der Waals surface area contributed by atoms with Crippen LogP contribution in [0.5, 0.6) is 0 Å². The molecule has 6 aromatic rings. The lowest BCUT2D eigenvalue weighted by Crippen LogP contribution is -2.47. The maximum absolute atomic E-state index is 12.7. The number of amides is 2. The van der Waals surface area contributed by atoms with Crippen molar-refractivity contribution in [3.8, 4) is 0 Å². The molecule has 0 radical (unpaired) electrons. The largest absolute Gasteiger partial charge is 0.395 e. The van der Waals surface area contributed by atoms with E-state index in [0.29, 0.717) is 83.0 Å². The minimum atomic E-state index is -0.279. The van der Waals surface area contributed by atoms with E-state index in [9.17, 15) is 9.59 Å². The van der Waals surface area contributed by atoms with Gasteiger partial charge in [-0.25, -0.2) is 29.9 Å². The van der Waals surface area contributed by atoms with E-state index in [1.807, 2.05) is 51.1 Å². The van der Waals surface area contributed by atoms with Gasteiger partial charge in [0.15, 0.2) is 10.3 Å². The number of aryl methyl sites for hydroxylation is 4. The maximum atomic E-state index is 12.7.